The SMILES string of the molecule is C=C/C=C/[Si](C)(COC(=O)C(C)C)COC(=O)C(C)C. The molecule has 0 aliphatic carbocycles. The van der Waals surface area contributed by atoms with E-state index >= 15 is 0 Å². The van der Waals surface area contributed by atoms with Gasteiger partial charge < -0.3 is 9.47 Å². The fraction of sp³-hybridized carbons (Fsp3) is 0.600. The zero-order valence-corrected chi connectivity index (χ0v) is 14.1. The molecule has 0 N–H and O–H groups in total. The van der Waals surface area contributed by atoms with Gasteiger partial charge in [0.25, 0.3) is 0 Å². The fourth-order valence-electron chi connectivity index (χ4n) is 1.24. The van der Waals surface area contributed by atoms with Gasteiger partial charge in [-0.2, -0.15) is 0 Å². The van der Waals surface area contributed by atoms with Crippen molar-refractivity contribution in [1.82, 2.24) is 0 Å². The van der Waals surface area contributed by atoms with Gasteiger partial charge in [0.05, 0.1) is 24.3 Å². The van der Waals surface area contributed by atoms with Gasteiger partial charge in [-0.15, -0.1) is 0 Å². The van der Waals surface area contributed by atoms with Gasteiger partial charge in [-0.1, -0.05) is 58.7 Å². The van der Waals surface area contributed by atoms with E-state index in [4.69, 9.17) is 9.47 Å². The Morgan fingerprint density at radius 2 is 1.45 bits per heavy atom. The zero-order chi connectivity index (χ0) is 15.8. The van der Waals surface area contributed by atoms with Gasteiger partial charge in [0, 0.05) is 0 Å². The summed E-state index contributed by atoms with van der Waals surface area (Å²) in [7, 11) is -2.13. The van der Waals surface area contributed by atoms with Gasteiger partial charge in [-0.25, -0.2) is 0 Å². The van der Waals surface area contributed by atoms with Gasteiger partial charge in [0.1, 0.15) is 0 Å². The Kier molecular flexibility index (Phi) is 8.14. The second-order valence-electron chi connectivity index (χ2n) is 5.77. The lowest BCUT2D eigenvalue weighted by Gasteiger charge is -2.23. The third-order valence-corrected chi connectivity index (χ3v) is 5.27. The van der Waals surface area contributed by atoms with E-state index in [0.717, 1.165) is 0 Å². The van der Waals surface area contributed by atoms with Crippen LogP contribution in [0.25, 0.3) is 0 Å². The van der Waals surface area contributed by atoms with Crippen LogP contribution in [-0.2, 0) is 19.1 Å². The number of esters is 2. The molecule has 0 saturated carbocycles. The van der Waals surface area contributed by atoms with Crippen molar-refractivity contribution in [3.8, 4) is 0 Å². The summed E-state index contributed by atoms with van der Waals surface area (Å²) < 4.78 is 10.6. The molecule has 0 heterocycles. The van der Waals surface area contributed by atoms with Crippen LogP contribution in [0.2, 0.25) is 6.55 Å². The molecular weight excluding hydrogens is 272 g/mol. The first kappa shape index (κ1) is 18.6. The summed E-state index contributed by atoms with van der Waals surface area (Å²) in [6.45, 7) is 12.8. The van der Waals surface area contributed by atoms with Crippen molar-refractivity contribution >= 4 is 20.0 Å². The Labute approximate surface area is 122 Å². The molecule has 0 atom stereocenters. The predicted octanol–water partition coefficient (Wildman–Crippen LogP) is 2.82. The largest absolute Gasteiger partial charge is 0.469 e. The van der Waals surface area contributed by atoms with Crippen molar-refractivity contribution < 1.29 is 19.1 Å². The third kappa shape index (κ3) is 7.28. The molecule has 0 rings (SSSR count). The number of carbonyl (C=O) groups is 2. The smallest absolute Gasteiger partial charge is 0.308 e. The standard InChI is InChI=1S/C15H26O4Si/c1-7-8-9-20(6,10-18-14(16)12(2)3)11-19-15(17)13(4)5/h7-9,12-13H,1,10-11H2,2-6H3/b9-8+. The van der Waals surface area contributed by atoms with Crippen LogP contribution in [-0.4, -0.2) is 32.5 Å². The minimum Gasteiger partial charge on any atom is -0.469 e. The maximum Gasteiger partial charge on any atom is 0.308 e. The van der Waals surface area contributed by atoms with Crippen LogP contribution in [0.4, 0.5) is 0 Å². The summed E-state index contributed by atoms with van der Waals surface area (Å²) >= 11 is 0. The second kappa shape index (κ2) is 8.74. The first-order chi connectivity index (χ1) is 9.22. The molecule has 0 fully saturated rings. The molecule has 0 spiro atoms. The first-order valence-electron chi connectivity index (χ1n) is 6.85. The van der Waals surface area contributed by atoms with E-state index in [-0.39, 0.29) is 23.8 Å². The van der Waals surface area contributed by atoms with Crippen molar-refractivity contribution in [3.05, 3.63) is 24.4 Å². The summed E-state index contributed by atoms with van der Waals surface area (Å²) in [5, 5.41) is 0. The van der Waals surface area contributed by atoms with Crippen molar-refractivity contribution in [3.63, 3.8) is 0 Å². The summed E-state index contributed by atoms with van der Waals surface area (Å²) in [4.78, 5) is 23.1. The van der Waals surface area contributed by atoms with E-state index in [9.17, 15) is 9.59 Å². The van der Waals surface area contributed by atoms with Crippen molar-refractivity contribution in [2.75, 3.05) is 12.5 Å². The van der Waals surface area contributed by atoms with E-state index < -0.39 is 8.07 Å². The van der Waals surface area contributed by atoms with Crippen LogP contribution in [0.5, 0.6) is 0 Å². The molecule has 0 aliphatic rings. The number of hydrogen-bond donors (Lipinski definition) is 0. The highest BCUT2D eigenvalue weighted by Gasteiger charge is 2.29. The minimum atomic E-state index is -2.13. The van der Waals surface area contributed by atoms with Gasteiger partial charge in [0.15, 0.2) is 8.07 Å². The summed E-state index contributed by atoms with van der Waals surface area (Å²) in [6, 6.07) is 0. The number of allylic oxidation sites excluding steroid dienone is 2. The molecule has 0 radical (unpaired) electrons. The summed E-state index contributed by atoms with van der Waals surface area (Å²) in [5.74, 6) is -0.776. The number of rotatable bonds is 8. The van der Waals surface area contributed by atoms with E-state index in [1.54, 1.807) is 33.8 Å². The van der Waals surface area contributed by atoms with Crippen molar-refractivity contribution in [2.24, 2.45) is 11.8 Å². The van der Waals surface area contributed by atoms with Crippen molar-refractivity contribution in [1.29, 1.82) is 0 Å². The maximum atomic E-state index is 11.6. The molecule has 0 unspecified atom stereocenters. The van der Waals surface area contributed by atoms with Crippen molar-refractivity contribution in [2.45, 2.75) is 34.2 Å². The number of carbonyl (C=O) groups excluding carboxylic acids is 2. The number of hydrogen-bond acceptors (Lipinski definition) is 4. The second-order valence-corrected chi connectivity index (χ2v) is 9.99. The van der Waals surface area contributed by atoms with Crippen LogP contribution in [0.15, 0.2) is 24.4 Å². The van der Waals surface area contributed by atoms with E-state index in [2.05, 4.69) is 6.58 Å². The average molecular weight is 298 g/mol. The van der Waals surface area contributed by atoms with Crippen LogP contribution in [0.3, 0.4) is 0 Å². The highest BCUT2D eigenvalue weighted by Crippen LogP contribution is 2.10. The predicted molar refractivity (Wildman–Crippen MR) is 82.5 cm³/mol. The average Bonchev–Trinajstić information content (AvgIpc) is 2.39. The van der Waals surface area contributed by atoms with Crippen LogP contribution >= 0.6 is 0 Å². The topological polar surface area (TPSA) is 52.6 Å². The van der Waals surface area contributed by atoms with E-state index in [1.165, 1.54) is 0 Å². The molecule has 0 amide bonds. The number of ether oxygens (including phenoxy) is 2. The van der Waals surface area contributed by atoms with E-state index in [0.29, 0.717) is 12.5 Å². The highest BCUT2D eigenvalue weighted by molar-refractivity contribution is 6.83. The molecule has 0 bridgehead atoms. The molecule has 0 aromatic carbocycles. The lowest BCUT2D eigenvalue weighted by molar-refractivity contribution is -0.145. The third-order valence-electron chi connectivity index (χ3n) is 2.67. The molecule has 20 heavy (non-hydrogen) atoms. The van der Waals surface area contributed by atoms with Gasteiger partial charge in [-0.05, 0) is 0 Å². The van der Waals surface area contributed by atoms with Gasteiger partial charge >= 0.3 is 11.9 Å². The Morgan fingerprint density at radius 3 is 1.75 bits per heavy atom. The summed E-state index contributed by atoms with van der Waals surface area (Å²) in [5.41, 5.74) is 1.97. The minimum absolute atomic E-state index is 0.158. The van der Waals surface area contributed by atoms with Crippen LogP contribution < -0.4 is 0 Å². The normalized spacial score (nSPS) is 11.9. The highest BCUT2D eigenvalue weighted by atomic mass is 28.3. The fourth-order valence-corrected chi connectivity index (χ4v) is 3.06. The Hall–Kier alpha value is -1.36. The molecule has 0 aliphatic heterocycles. The van der Waals surface area contributed by atoms with Gasteiger partial charge in [-0.3, -0.25) is 9.59 Å². The molecule has 0 saturated heterocycles. The van der Waals surface area contributed by atoms with E-state index in [1.807, 2.05) is 18.3 Å². The van der Waals surface area contributed by atoms with Gasteiger partial charge in [0.2, 0.25) is 0 Å². The van der Waals surface area contributed by atoms with Crippen LogP contribution in [0.1, 0.15) is 27.7 Å². The first-order valence-corrected chi connectivity index (χ1v) is 9.84. The summed E-state index contributed by atoms with van der Waals surface area (Å²) in [6.07, 6.45) is 4.10. The Morgan fingerprint density at radius 1 is 1.05 bits per heavy atom. The molecular formula is C15H26O4Si. The van der Waals surface area contributed by atoms with Crippen LogP contribution in [0, 0.1) is 11.8 Å². The Balaban J connectivity index is 4.66. The monoisotopic (exact) mass is 298 g/mol. The zero-order valence-electron chi connectivity index (χ0n) is 13.1. The quantitative estimate of drug-likeness (QED) is 0.393. The maximum absolute atomic E-state index is 11.6. The molecule has 5 heteroatoms. The lowest BCUT2D eigenvalue weighted by Crippen LogP contribution is -2.43. The Bertz CT molecular complexity index is 348. The molecule has 0 aromatic heterocycles. The molecule has 114 valence electrons. The molecule has 0 aromatic rings. The molecule has 4 nitrogen and oxygen atoms in total. The lowest BCUT2D eigenvalue weighted by atomic mass is 10.2.